The molecule has 0 spiro atoms. The molecule has 1 aromatic rings. The molecule has 0 aliphatic carbocycles. The summed E-state index contributed by atoms with van der Waals surface area (Å²) in [6.45, 7) is 4.36. The van der Waals surface area contributed by atoms with E-state index >= 15 is 0 Å². The van der Waals surface area contributed by atoms with E-state index in [0.717, 1.165) is 12.1 Å². The molecule has 0 fully saturated rings. The summed E-state index contributed by atoms with van der Waals surface area (Å²) in [7, 11) is -4.17. The van der Waals surface area contributed by atoms with Crippen LogP contribution in [0.1, 0.15) is 25.8 Å². The predicted octanol–water partition coefficient (Wildman–Crippen LogP) is 2.90. The molecule has 0 saturated heterocycles. The van der Waals surface area contributed by atoms with E-state index in [4.69, 9.17) is 11.6 Å². The van der Waals surface area contributed by atoms with Crippen LogP contribution in [0, 0.1) is 0 Å². The molecular formula is C14H18ClF3N2O3S. The van der Waals surface area contributed by atoms with Crippen LogP contribution in [-0.4, -0.2) is 38.9 Å². The minimum absolute atomic E-state index is 0.0827. The average Bonchev–Trinajstić information content (AvgIpc) is 2.47. The van der Waals surface area contributed by atoms with Gasteiger partial charge in [0.15, 0.2) is 0 Å². The number of hydrogen-bond acceptors (Lipinski definition) is 3. The van der Waals surface area contributed by atoms with Gasteiger partial charge in [0.25, 0.3) is 0 Å². The third kappa shape index (κ3) is 5.35. The first-order valence-electron chi connectivity index (χ1n) is 7.17. The molecule has 136 valence electrons. The van der Waals surface area contributed by atoms with Gasteiger partial charge in [0, 0.05) is 26.1 Å². The molecule has 1 N–H and O–H groups in total. The topological polar surface area (TPSA) is 66.5 Å². The van der Waals surface area contributed by atoms with Crippen LogP contribution in [0.3, 0.4) is 0 Å². The number of amides is 1. The maximum absolute atomic E-state index is 12.8. The summed E-state index contributed by atoms with van der Waals surface area (Å²) >= 11 is 5.46. The number of rotatable bonds is 7. The Hall–Kier alpha value is -1.32. The van der Waals surface area contributed by atoms with Crippen molar-refractivity contribution in [2.24, 2.45) is 0 Å². The van der Waals surface area contributed by atoms with Crippen LogP contribution in [0.2, 0.25) is 5.02 Å². The lowest BCUT2D eigenvalue weighted by atomic mass is 10.2. The van der Waals surface area contributed by atoms with Crippen molar-refractivity contribution in [3.8, 4) is 0 Å². The molecule has 0 bridgehead atoms. The molecule has 10 heteroatoms. The van der Waals surface area contributed by atoms with Gasteiger partial charge in [0.05, 0.1) is 15.5 Å². The van der Waals surface area contributed by atoms with Crippen molar-refractivity contribution in [1.29, 1.82) is 0 Å². The molecule has 1 rings (SSSR count). The number of hydrogen-bond donors (Lipinski definition) is 1. The second-order valence-electron chi connectivity index (χ2n) is 4.85. The van der Waals surface area contributed by atoms with Crippen LogP contribution in [0.5, 0.6) is 0 Å². The Morgan fingerprint density at radius 1 is 1.25 bits per heavy atom. The number of carbonyl (C=O) groups excluding carboxylic acids is 1. The number of carbonyl (C=O) groups is 1. The minimum Gasteiger partial charge on any atom is -0.343 e. The zero-order valence-corrected chi connectivity index (χ0v) is 14.7. The van der Waals surface area contributed by atoms with Gasteiger partial charge in [-0.25, -0.2) is 13.1 Å². The third-order valence-corrected chi connectivity index (χ3v) is 5.09. The van der Waals surface area contributed by atoms with Crippen LogP contribution in [-0.2, 0) is 21.0 Å². The normalized spacial score (nSPS) is 12.2. The maximum Gasteiger partial charge on any atom is 0.417 e. The summed E-state index contributed by atoms with van der Waals surface area (Å²) in [5.74, 6) is -0.241. The van der Waals surface area contributed by atoms with Crippen LogP contribution in [0.4, 0.5) is 13.2 Å². The summed E-state index contributed by atoms with van der Waals surface area (Å²) in [4.78, 5) is 12.7. The molecule has 0 aliphatic rings. The first-order valence-corrected chi connectivity index (χ1v) is 9.03. The Labute approximate surface area is 143 Å². The molecule has 0 atom stereocenters. The molecule has 5 nitrogen and oxygen atoms in total. The Bertz CT molecular complexity index is 689. The van der Waals surface area contributed by atoms with E-state index in [-0.39, 0.29) is 18.9 Å². The highest BCUT2D eigenvalue weighted by Crippen LogP contribution is 2.35. The molecule has 0 unspecified atom stereocenters. The monoisotopic (exact) mass is 386 g/mol. The van der Waals surface area contributed by atoms with Gasteiger partial charge in [-0.3, -0.25) is 4.79 Å². The van der Waals surface area contributed by atoms with E-state index < -0.39 is 31.7 Å². The summed E-state index contributed by atoms with van der Waals surface area (Å²) in [5, 5.41) is -0.585. The predicted molar refractivity (Wildman–Crippen MR) is 84.2 cm³/mol. The van der Waals surface area contributed by atoms with E-state index in [2.05, 4.69) is 4.72 Å². The summed E-state index contributed by atoms with van der Waals surface area (Å²) in [5.41, 5.74) is -1.23. The van der Waals surface area contributed by atoms with Crippen molar-refractivity contribution in [2.75, 3.05) is 19.6 Å². The fraction of sp³-hybridized carbons (Fsp3) is 0.500. The fourth-order valence-corrected chi connectivity index (χ4v) is 3.28. The van der Waals surface area contributed by atoms with Gasteiger partial charge in [-0.2, -0.15) is 13.2 Å². The second-order valence-corrected chi connectivity index (χ2v) is 7.03. The highest BCUT2D eigenvalue weighted by atomic mass is 35.5. The Morgan fingerprint density at radius 2 is 1.83 bits per heavy atom. The van der Waals surface area contributed by atoms with Gasteiger partial charge >= 0.3 is 6.18 Å². The lowest BCUT2D eigenvalue weighted by molar-refractivity contribution is -0.137. The van der Waals surface area contributed by atoms with E-state index in [1.165, 1.54) is 4.90 Å². The lowest BCUT2D eigenvalue weighted by Crippen LogP contribution is -2.34. The SMILES string of the molecule is CCN(CC)C(=O)CCNS(=O)(=O)c1ccc(Cl)c(C(F)(F)F)c1. The molecule has 0 aromatic heterocycles. The molecule has 0 heterocycles. The van der Waals surface area contributed by atoms with Crippen molar-refractivity contribution >= 4 is 27.5 Å². The largest absolute Gasteiger partial charge is 0.417 e. The number of nitrogens with one attached hydrogen (secondary N) is 1. The van der Waals surface area contributed by atoms with E-state index in [0.29, 0.717) is 19.2 Å². The van der Waals surface area contributed by atoms with Crippen LogP contribution in [0.15, 0.2) is 23.1 Å². The number of halogens is 4. The first-order chi connectivity index (χ1) is 11.0. The smallest absolute Gasteiger partial charge is 0.343 e. The molecular weight excluding hydrogens is 369 g/mol. The van der Waals surface area contributed by atoms with Gasteiger partial charge < -0.3 is 4.90 Å². The number of benzene rings is 1. The highest BCUT2D eigenvalue weighted by molar-refractivity contribution is 7.89. The van der Waals surface area contributed by atoms with E-state index in [9.17, 15) is 26.4 Å². The number of sulfonamides is 1. The molecule has 0 radical (unpaired) electrons. The van der Waals surface area contributed by atoms with Crippen LogP contribution < -0.4 is 4.72 Å². The number of alkyl halides is 3. The van der Waals surface area contributed by atoms with Gasteiger partial charge in [-0.05, 0) is 32.0 Å². The Kier molecular flexibility index (Phi) is 7.06. The molecule has 0 saturated carbocycles. The zero-order chi connectivity index (χ0) is 18.5. The van der Waals surface area contributed by atoms with Gasteiger partial charge in [-0.1, -0.05) is 11.6 Å². The third-order valence-electron chi connectivity index (χ3n) is 3.30. The molecule has 1 aromatic carbocycles. The zero-order valence-electron chi connectivity index (χ0n) is 13.2. The van der Waals surface area contributed by atoms with Gasteiger partial charge in [0.1, 0.15) is 0 Å². The van der Waals surface area contributed by atoms with Crippen molar-refractivity contribution in [3.05, 3.63) is 28.8 Å². The second kappa shape index (κ2) is 8.17. The minimum atomic E-state index is -4.76. The lowest BCUT2D eigenvalue weighted by Gasteiger charge is -2.18. The van der Waals surface area contributed by atoms with Crippen LogP contribution >= 0.6 is 11.6 Å². The summed E-state index contributed by atoms with van der Waals surface area (Å²) < 4.78 is 64.6. The van der Waals surface area contributed by atoms with Gasteiger partial charge in [-0.15, -0.1) is 0 Å². The first kappa shape index (κ1) is 20.7. The average molecular weight is 387 g/mol. The molecule has 1 amide bonds. The van der Waals surface area contributed by atoms with Crippen molar-refractivity contribution in [1.82, 2.24) is 9.62 Å². The Morgan fingerprint density at radius 3 is 2.33 bits per heavy atom. The van der Waals surface area contributed by atoms with Gasteiger partial charge in [0.2, 0.25) is 15.9 Å². The van der Waals surface area contributed by atoms with Crippen molar-refractivity contribution in [3.63, 3.8) is 0 Å². The quantitative estimate of drug-likeness (QED) is 0.783. The standard InChI is InChI=1S/C14H18ClF3N2O3S/c1-3-20(4-2)13(21)7-8-19-24(22,23)10-5-6-12(15)11(9-10)14(16,17)18/h5-6,9,19H,3-4,7-8H2,1-2H3. The maximum atomic E-state index is 12.8. The Balaban J connectivity index is 2.85. The summed E-state index contributed by atoms with van der Waals surface area (Å²) in [6.07, 6.45) is -4.85. The fourth-order valence-electron chi connectivity index (χ4n) is 2.00. The molecule has 24 heavy (non-hydrogen) atoms. The van der Waals surface area contributed by atoms with Crippen molar-refractivity contribution < 1.29 is 26.4 Å². The van der Waals surface area contributed by atoms with Crippen molar-refractivity contribution in [2.45, 2.75) is 31.3 Å². The van der Waals surface area contributed by atoms with Crippen LogP contribution in [0.25, 0.3) is 0 Å². The highest BCUT2D eigenvalue weighted by Gasteiger charge is 2.34. The summed E-state index contributed by atoms with van der Waals surface area (Å²) in [6, 6.07) is 2.32. The molecule has 0 aliphatic heterocycles. The number of nitrogens with zero attached hydrogens (tertiary/aromatic N) is 1. The van der Waals surface area contributed by atoms with E-state index in [1.54, 1.807) is 13.8 Å². The van der Waals surface area contributed by atoms with E-state index in [1.807, 2.05) is 0 Å².